The van der Waals surface area contributed by atoms with Crippen LogP contribution < -0.4 is 0 Å². The zero-order valence-electron chi connectivity index (χ0n) is 9.68. The first-order valence-electron chi connectivity index (χ1n) is 5.23. The summed E-state index contributed by atoms with van der Waals surface area (Å²) in [7, 11) is 0. The number of nitrogens with zero attached hydrogens (tertiary/aromatic N) is 4. The number of halogens is 1. The molecular weight excluding hydrogens is 255 g/mol. The van der Waals surface area contributed by atoms with Crippen LogP contribution in [0.15, 0.2) is 12.5 Å². The van der Waals surface area contributed by atoms with Crippen LogP contribution in [0, 0.1) is 19.0 Å². The molecule has 0 unspecified atom stereocenters. The van der Waals surface area contributed by atoms with E-state index in [2.05, 4.69) is 15.1 Å². The summed E-state index contributed by atoms with van der Waals surface area (Å²) >= 11 is 1.10. The van der Waals surface area contributed by atoms with Gasteiger partial charge >= 0.3 is 6.01 Å². The number of aromatic hydroxyl groups is 1. The van der Waals surface area contributed by atoms with Crippen LogP contribution in [-0.2, 0) is 0 Å². The van der Waals surface area contributed by atoms with Crippen molar-refractivity contribution in [3.63, 3.8) is 0 Å². The molecule has 0 aromatic carbocycles. The lowest BCUT2D eigenvalue weighted by Gasteiger charge is -1.99. The van der Waals surface area contributed by atoms with Gasteiger partial charge in [0.2, 0.25) is 0 Å². The molecular formula is C11H9FN4OS. The Kier molecular flexibility index (Phi) is 2.30. The molecule has 92 valence electrons. The van der Waals surface area contributed by atoms with Gasteiger partial charge in [0, 0.05) is 10.4 Å². The Labute approximate surface area is 106 Å². The van der Waals surface area contributed by atoms with Crippen molar-refractivity contribution in [2.75, 3.05) is 0 Å². The molecule has 3 heterocycles. The molecule has 3 aromatic rings. The van der Waals surface area contributed by atoms with Gasteiger partial charge in [0.1, 0.15) is 6.33 Å². The third kappa shape index (κ3) is 1.40. The molecule has 0 aliphatic heterocycles. The monoisotopic (exact) mass is 264 g/mol. The van der Waals surface area contributed by atoms with E-state index < -0.39 is 0 Å². The van der Waals surface area contributed by atoms with E-state index in [1.54, 1.807) is 0 Å². The number of aromatic nitrogens is 4. The quantitative estimate of drug-likeness (QED) is 0.732. The van der Waals surface area contributed by atoms with Crippen molar-refractivity contribution in [1.82, 2.24) is 19.6 Å². The maximum atomic E-state index is 13.9. The minimum atomic E-state index is -0.267. The van der Waals surface area contributed by atoms with Crippen LogP contribution in [0.25, 0.3) is 16.8 Å². The SMILES string of the molecule is Cc1sc(F)c(-c2cnn3c(O)ncnc23)c1C. The predicted octanol–water partition coefficient (Wildman–Crippen LogP) is 2.31. The number of thiophene rings is 1. The van der Waals surface area contributed by atoms with Gasteiger partial charge in [-0.15, -0.1) is 11.3 Å². The molecule has 0 atom stereocenters. The molecule has 0 amide bonds. The van der Waals surface area contributed by atoms with Crippen molar-refractivity contribution in [2.45, 2.75) is 13.8 Å². The standard InChI is InChI=1S/C11H9FN4OS/c1-5-6(2)18-9(12)8(5)7-3-15-16-10(7)13-4-14-11(16)17/h3-4H,1-2H3,(H,13,14,17). The van der Waals surface area contributed by atoms with Crippen LogP contribution in [0.4, 0.5) is 4.39 Å². The highest BCUT2D eigenvalue weighted by Gasteiger charge is 2.19. The average molecular weight is 264 g/mol. The van der Waals surface area contributed by atoms with E-state index in [-0.39, 0.29) is 11.1 Å². The molecule has 3 rings (SSSR count). The van der Waals surface area contributed by atoms with E-state index in [1.807, 2.05) is 13.8 Å². The summed E-state index contributed by atoms with van der Waals surface area (Å²) in [4.78, 5) is 8.57. The van der Waals surface area contributed by atoms with Gasteiger partial charge in [-0.05, 0) is 19.4 Å². The molecule has 0 bridgehead atoms. The largest absolute Gasteiger partial charge is 0.479 e. The molecule has 0 radical (unpaired) electrons. The molecule has 0 saturated carbocycles. The topological polar surface area (TPSA) is 63.3 Å². The number of aryl methyl sites for hydroxylation is 1. The van der Waals surface area contributed by atoms with Crippen molar-refractivity contribution in [1.29, 1.82) is 0 Å². The molecule has 0 fully saturated rings. The fraction of sp³-hybridized carbons (Fsp3) is 0.182. The van der Waals surface area contributed by atoms with Gasteiger partial charge in [-0.3, -0.25) is 0 Å². The first-order chi connectivity index (χ1) is 8.59. The van der Waals surface area contributed by atoms with Crippen molar-refractivity contribution < 1.29 is 9.50 Å². The third-order valence-corrected chi connectivity index (χ3v) is 3.89. The van der Waals surface area contributed by atoms with Crippen molar-refractivity contribution in [3.05, 3.63) is 28.1 Å². The highest BCUT2D eigenvalue weighted by Crippen LogP contribution is 2.36. The average Bonchev–Trinajstić information content (AvgIpc) is 2.84. The summed E-state index contributed by atoms with van der Waals surface area (Å²) in [5, 5.41) is 13.2. The molecule has 0 saturated heterocycles. The van der Waals surface area contributed by atoms with Gasteiger partial charge in [0.05, 0.1) is 11.8 Å². The predicted molar refractivity (Wildman–Crippen MR) is 65.2 cm³/mol. The normalized spacial score (nSPS) is 11.3. The number of hydrogen-bond donors (Lipinski definition) is 1. The van der Waals surface area contributed by atoms with E-state index in [9.17, 15) is 9.50 Å². The Bertz CT molecular complexity index is 749. The Balaban J connectivity index is 2.36. The van der Waals surface area contributed by atoms with Gasteiger partial charge in [-0.1, -0.05) is 0 Å². The van der Waals surface area contributed by atoms with E-state index in [4.69, 9.17) is 0 Å². The van der Waals surface area contributed by atoms with Gasteiger partial charge in [-0.25, -0.2) is 4.98 Å². The first-order valence-corrected chi connectivity index (χ1v) is 6.05. The molecule has 3 aromatic heterocycles. The zero-order chi connectivity index (χ0) is 12.9. The molecule has 1 N–H and O–H groups in total. The number of rotatable bonds is 1. The van der Waals surface area contributed by atoms with Gasteiger partial charge in [-0.2, -0.15) is 19.0 Å². The fourth-order valence-corrected chi connectivity index (χ4v) is 2.76. The zero-order valence-corrected chi connectivity index (χ0v) is 10.5. The van der Waals surface area contributed by atoms with Gasteiger partial charge in [0.25, 0.3) is 0 Å². The Hall–Kier alpha value is -2.02. The Morgan fingerprint density at radius 3 is 2.78 bits per heavy atom. The second-order valence-electron chi connectivity index (χ2n) is 3.90. The minimum Gasteiger partial charge on any atom is -0.479 e. The van der Waals surface area contributed by atoms with Crippen molar-refractivity contribution >= 4 is 17.0 Å². The van der Waals surface area contributed by atoms with E-state index in [1.165, 1.54) is 17.0 Å². The van der Waals surface area contributed by atoms with E-state index in [0.29, 0.717) is 16.8 Å². The van der Waals surface area contributed by atoms with E-state index in [0.717, 1.165) is 21.8 Å². The van der Waals surface area contributed by atoms with Crippen LogP contribution in [-0.4, -0.2) is 24.7 Å². The number of hydrogen-bond acceptors (Lipinski definition) is 5. The molecule has 0 aliphatic carbocycles. The van der Waals surface area contributed by atoms with E-state index >= 15 is 0 Å². The minimum absolute atomic E-state index is 0.266. The lowest BCUT2D eigenvalue weighted by Crippen LogP contribution is -1.93. The van der Waals surface area contributed by atoms with Crippen molar-refractivity contribution in [2.24, 2.45) is 0 Å². The smallest absolute Gasteiger partial charge is 0.318 e. The summed E-state index contributed by atoms with van der Waals surface area (Å²) in [6.45, 7) is 3.72. The second kappa shape index (κ2) is 3.74. The Morgan fingerprint density at radius 2 is 2.11 bits per heavy atom. The molecule has 18 heavy (non-hydrogen) atoms. The van der Waals surface area contributed by atoms with Crippen LogP contribution in [0.5, 0.6) is 6.01 Å². The van der Waals surface area contributed by atoms with Crippen LogP contribution in [0.3, 0.4) is 0 Å². The summed E-state index contributed by atoms with van der Waals surface area (Å²) in [5.74, 6) is 0. The summed E-state index contributed by atoms with van der Waals surface area (Å²) in [5.41, 5.74) is 2.31. The van der Waals surface area contributed by atoms with Crippen LogP contribution in [0.2, 0.25) is 0 Å². The van der Waals surface area contributed by atoms with Gasteiger partial charge in [0.15, 0.2) is 10.8 Å². The summed E-state index contributed by atoms with van der Waals surface area (Å²) in [6, 6.07) is -0.267. The second-order valence-corrected chi connectivity index (χ2v) is 5.07. The molecule has 7 heteroatoms. The summed E-state index contributed by atoms with van der Waals surface area (Å²) < 4.78 is 15.1. The lowest BCUT2D eigenvalue weighted by atomic mass is 10.1. The molecule has 5 nitrogen and oxygen atoms in total. The molecule has 0 aliphatic rings. The van der Waals surface area contributed by atoms with Crippen LogP contribution >= 0.6 is 11.3 Å². The van der Waals surface area contributed by atoms with Gasteiger partial charge < -0.3 is 5.11 Å². The first kappa shape index (κ1) is 11.1. The highest BCUT2D eigenvalue weighted by atomic mass is 32.1. The number of fused-ring (bicyclic) bond motifs is 1. The third-order valence-electron chi connectivity index (χ3n) is 2.90. The highest BCUT2D eigenvalue weighted by molar-refractivity contribution is 7.10. The molecule has 0 spiro atoms. The van der Waals surface area contributed by atoms with Crippen molar-refractivity contribution in [3.8, 4) is 17.1 Å². The fourth-order valence-electron chi connectivity index (χ4n) is 1.87. The maximum absolute atomic E-state index is 13.9. The van der Waals surface area contributed by atoms with Crippen LogP contribution in [0.1, 0.15) is 10.4 Å². The Morgan fingerprint density at radius 1 is 1.33 bits per heavy atom. The summed E-state index contributed by atoms with van der Waals surface area (Å²) in [6.07, 6.45) is 2.71. The maximum Gasteiger partial charge on any atom is 0.318 e. The lowest BCUT2D eigenvalue weighted by molar-refractivity contribution is 0.411.